The summed E-state index contributed by atoms with van der Waals surface area (Å²) >= 11 is 0. The van der Waals surface area contributed by atoms with Crippen molar-refractivity contribution in [3.05, 3.63) is 24.0 Å². The molecule has 0 aliphatic carbocycles. The second kappa shape index (κ2) is 7.38. The number of aliphatic hydroxyl groups is 1. The molecule has 1 aromatic heterocycles. The summed E-state index contributed by atoms with van der Waals surface area (Å²) in [6.07, 6.45) is 5.88. The average molecular weight is 293 g/mol. The number of imide groups is 1. The Kier molecular flexibility index (Phi) is 5.52. The predicted molar refractivity (Wildman–Crippen MR) is 78.8 cm³/mol. The maximum atomic E-state index is 12.0. The van der Waals surface area contributed by atoms with Crippen LogP contribution >= 0.6 is 0 Å². The van der Waals surface area contributed by atoms with Crippen LogP contribution in [0.25, 0.3) is 0 Å². The van der Waals surface area contributed by atoms with Gasteiger partial charge in [-0.15, -0.1) is 0 Å². The highest BCUT2D eigenvalue weighted by Gasteiger charge is 2.23. The summed E-state index contributed by atoms with van der Waals surface area (Å²) in [5.41, 5.74) is 0.456. The number of hydrogen-bond donors (Lipinski definition) is 2. The van der Waals surface area contributed by atoms with E-state index in [4.69, 9.17) is 0 Å². The molecule has 2 rings (SSSR count). The van der Waals surface area contributed by atoms with Crippen LogP contribution < -0.4 is 5.32 Å². The summed E-state index contributed by atoms with van der Waals surface area (Å²) in [6, 6.07) is 3.45. The van der Waals surface area contributed by atoms with E-state index in [1.165, 1.54) is 0 Å². The molecule has 2 N–H and O–H groups in total. The van der Waals surface area contributed by atoms with Gasteiger partial charge in [-0.25, -0.2) is 0 Å². The molecule has 6 nitrogen and oxygen atoms in total. The van der Waals surface area contributed by atoms with E-state index < -0.39 is 0 Å². The molecule has 1 atom stereocenters. The maximum absolute atomic E-state index is 12.0. The van der Waals surface area contributed by atoms with Crippen LogP contribution in [-0.4, -0.2) is 52.1 Å². The zero-order valence-electron chi connectivity index (χ0n) is 12.4. The number of aryl methyl sites for hydroxylation is 1. The molecule has 6 heteroatoms. The van der Waals surface area contributed by atoms with Gasteiger partial charge in [0, 0.05) is 19.3 Å². The molecule has 116 valence electrons. The Balaban J connectivity index is 1.91. The molecule has 1 saturated heterocycles. The smallest absolute Gasteiger partial charge is 0.274 e. The molecule has 0 spiro atoms. The van der Waals surface area contributed by atoms with Gasteiger partial charge < -0.3 is 9.67 Å². The van der Waals surface area contributed by atoms with Gasteiger partial charge in [-0.1, -0.05) is 12.8 Å². The Bertz CT molecular complexity index is 498. The lowest BCUT2D eigenvalue weighted by Gasteiger charge is -2.27. The molecule has 0 radical (unpaired) electrons. The minimum atomic E-state index is -0.386. The Morgan fingerprint density at radius 1 is 1.38 bits per heavy atom. The molecule has 1 aliphatic rings. The highest BCUT2D eigenvalue weighted by atomic mass is 16.3. The minimum Gasteiger partial charge on any atom is -0.395 e. The predicted octanol–water partition coefficient (Wildman–Crippen LogP) is 0.518. The number of carbonyl (C=O) groups excluding carboxylic acids is 2. The Hall–Kier alpha value is -1.66. The topological polar surface area (TPSA) is 74.6 Å². The van der Waals surface area contributed by atoms with Crippen molar-refractivity contribution in [2.24, 2.45) is 7.05 Å². The fourth-order valence-electron chi connectivity index (χ4n) is 2.76. The Labute approximate surface area is 124 Å². The first-order chi connectivity index (χ1) is 10.1. The number of aliphatic hydroxyl groups excluding tert-OH is 1. The number of likely N-dealkylation sites (tertiary alicyclic amines) is 1. The number of nitrogens with one attached hydrogen (secondary N) is 1. The molecule has 2 amide bonds. The lowest BCUT2D eigenvalue weighted by atomic mass is 10.1. The lowest BCUT2D eigenvalue weighted by molar-refractivity contribution is -0.122. The largest absolute Gasteiger partial charge is 0.395 e. The van der Waals surface area contributed by atoms with E-state index in [1.54, 1.807) is 29.9 Å². The third-order valence-corrected chi connectivity index (χ3v) is 3.99. The molecule has 1 aromatic rings. The molecular weight excluding hydrogens is 270 g/mol. The first-order valence-electron chi connectivity index (χ1n) is 7.42. The van der Waals surface area contributed by atoms with Gasteiger partial charge in [-0.2, -0.15) is 0 Å². The minimum absolute atomic E-state index is 0.0170. The number of carbonyl (C=O) groups is 2. The van der Waals surface area contributed by atoms with Crippen LogP contribution in [0, 0.1) is 0 Å². The fourth-order valence-corrected chi connectivity index (χ4v) is 2.76. The van der Waals surface area contributed by atoms with Crippen LogP contribution in [-0.2, 0) is 11.8 Å². The van der Waals surface area contributed by atoms with Crippen molar-refractivity contribution >= 4 is 11.8 Å². The van der Waals surface area contributed by atoms with Crippen LogP contribution in [0.2, 0.25) is 0 Å². The van der Waals surface area contributed by atoms with Gasteiger partial charge in [0.25, 0.3) is 5.91 Å². The quantitative estimate of drug-likeness (QED) is 0.848. The zero-order chi connectivity index (χ0) is 15.2. The molecule has 0 saturated carbocycles. The van der Waals surface area contributed by atoms with E-state index >= 15 is 0 Å². The molecule has 1 unspecified atom stereocenters. The average Bonchev–Trinajstić information content (AvgIpc) is 2.75. The number of rotatable bonds is 4. The van der Waals surface area contributed by atoms with Gasteiger partial charge in [-0.3, -0.25) is 19.8 Å². The molecule has 2 heterocycles. The van der Waals surface area contributed by atoms with Gasteiger partial charge >= 0.3 is 0 Å². The fraction of sp³-hybridized carbons (Fsp3) is 0.600. The van der Waals surface area contributed by atoms with Crippen molar-refractivity contribution in [1.82, 2.24) is 14.8 Å². The number of aromatic nitrogens is 1. The van der Waals surface area contributed by atoms with Crippen LogP contribution in [0.1, 0.15) is 36.2 Å². The highest BCUT2D eigenvalue weighted by Crippen LogP contribution is 2.16. The number of hydrogen-bond acceptors (Lipinski definition) is 4. The van der Waals surface area contributed by atoms with Crippen molar-refractivity contribution in [1.29, 1.82) is 0 Å². The van der Waals surface area contributed by atoms with Crippen molar-refractivity contribution in [3.63, 3.8) is 0 Å². The summed E-state index contributed by atoms with van der Waals surface area (Å²) in [5.74, 6) is -0.704. The van der Waals surface area contributed by atoms with Gasteiger partial charge in [0.1, 0.15) is 5.69 Å². The van der Waals surface area contributed by atoms with E-state index in [0.717, 1.165) is 32.2 Å². The van der Waals surface area contributed by atoms with Gasteiger partial charge in [-0.05, 0) is 31.5 Å². The van der Waals surface area contributed by atoms with Crippen molar-refractivity contribution < 1.29 is 14.7 Å². The number of nitrogens with zero attached hydrogens (tertiary/aromatic N) is 2. The van der Waals surface area contributed by atoms with E-state index in [2.05, 4.69) is 5.32 Å². The zero-order valence-corrected chi connectivity index (χ0v) is 12.4. The van der Waals surface area contributed by atoms with Crippen LogP contribution in [0.15, 0.2) is 18.3 Å². The summed E-state index contributed by atoms with van der Waals surface area (Å²) in [7, 11) is 1.76. The monoisotopic (exact) mass is 293 g/mol. The van der Waals surface area contributed by atoms with Gasteiger partial charge in [0.15, 0.2) is 0 Å². The third-order valence-electron chi connectivity index (χ3n) is 3.99. The summed E-state index contributed by atoms with van der Waals surface area (Å²) in [6.45, 7) is 0.997. The second-order valence-corrected chi connectivity index (χ2v) is 5.54. The first kappa shape index (κ1) is 15.7. The molecule has 21 heavy (non-hydrogen) atoms. The van der Waals surface area contributed by atoms with Gasteiger partial charge in [0.05, 0.1) is 13.2 Å². The van der Waals surface area contributed by atoms with E-state index in [0.29, 0.717) is 5.69 Å². The molecular formula is C15H23N3O3. The third kappa shape index (κ3) is 4.15. The highest BCUT2D eigenvalue weighted by molar-refractivity contribution is 6.04. The van der Waals surface area contributed by atoms with Crippen molar-refractivity contribution in [3.8, 4) is 0 Å². The van der Waals surface area contributed by atoms with Crippen LogP contribution in [0.4, 0.5) is 0 Å². The summed E-state index contributed by atoms with van der Waals surface area (Å²) in [4.78, 5) is 26.0. The van der Waals surface area contributed by atoms with Crippen molar-refractivity contribution in [2.75, 3.05) is 19.7 Å². The molecule has 0 bridgehead atoms. The Morgan fingerprint density at radius 3 is 2.86 bits per heavy atom. The van der Waals surface area contributed by atoms with Crippen molar-refractivity contribution in [2.45, 2.75) is 31.7 Å². The second-order valence-electron chi connectivity index (χ2n) is 5.54. The molecule has 1 aliphatic heterocycles. The van der Waals surface area contributed by atoms with Crippen LogP contribution in [0.5, 0.6) is 0 Å². The Morgan fingerprint density at radius 2 is 2.19 bits per heavy atom. The first-order valence-corrected chi connectivity index (χ1v) is 7.42. The van der Waals surface area contributed by atoms with Crippen LogP contribution in [0.3, 0.4) is 0 Å². The van der Waals surface area contributed by atoms with E-state index in [1.807, 2.05) is 4.90 Å². The summed E-state index contributed by atoms with van der Waals surface area (Å²) < 4.78 is 1.67. The van der Waals surface area contributed by atoms with E-state index in [9.17, 15) is 14.7 Å². The van der Waals surface area contributed by atoms with Gasteiger partial charge in [0.2, 0.25) is 5.91 Å². The standard InChI is InChI=1S/C15H23N3O3/c1-17-8-5-7-13(17)15(21)16-14(20)10-18-9-4-2-3-6-12(18)11-19/h5,7-8,12,19H,2-4,6,9-11H2,1H3,(H,16,20,21). The summed E-state index contributed by atoms with van der Waals surface area (Å²) in [5, 5.41) is 11.8. The normalized spacial score (nSPS) is 20.0. The molecule has 1 fully saturated rings. The molecule has 0 aromatic carbocycles. The maximum Gasteiger partial charge on any atom is 0.274 e. The lowest BCUT2D eigenvalue weighted by Crippen LogP contribution is -2.45. The SMILES string of the molecule is Cn1cccc1C(=O)NC(=O)CN1CCCCCC1CO. The number of amides is 2. The van der Waals surface area contributed by atoms with E-state index in [-0.39, 0.29) is 31.0 Å².